The first-order valence-corrected chi connectivity index (χ1v) is 7.52. The molecular formula is C16H28N4. The summed E-state index contributed by atoms with van der Waals surface area (Å²) in [5.74, 6) is 0. The molecule has 1 saturated heterocycles. The van der Waals surface area contributed by atoms with Gasteiger partial charge >= 0.3 is 0 Å². The lowest BCUT2D eigenvalue weighted by atomic mass is 9.99. The highest BCUT2D eigenvalue weighted by atomic mass is 15.3. The van der Waals surface area contributed by atoms with Crippen molar-refractivity contribution in [3.8, 4) is 0 Å². The minimum atomic E-state index is 0.205. The standard InChI is InChI=1S/C16H28N4/c1-13(2)18-10-14-6-7-17-11-15(14)20-9-8-19(5)16(3,4)12-20/h6-7,11,13,18H,8-10,12H2,1-5H3. The fourth-order valence-electron chi connectivity index (χ4n) is 2.61. The lowest BCUT2D eigenvalue weighted by Crippen LogP contribution is -2.58. The molecule has 20 heavy (non-hydrogen) atoms. The smallest absolute Gasteiger partial charge is 0.0599 e. The fraction of sp³-hybridized carbons (Fsp3) is 0.688. The van der Waals surface area contributed by atoms with Crippen molar-refractivity contribution in [2.45, 2.75) is 45.8 Å². The highest BCUT2D eigenvalue weighted by Gasteiger charge is 2.31. The van der Waals surface area contributed by atoms with Crippen LogP contribution in [-0.4, -0.2) is 48.1 Å². The van der Waals surface area contributed by atoms with Gasteiger partial charge in [-0.1, -0.05) is 13.8 Å². The normalized spacial score (nSPS) is 19.6. The Kier molecular flexibility index (Phi) is 4.66. The molecule has 1 fully saturated rings. The van der Waals surface area contributed by atoms with E-state index < -0.39 is 0 Å². The zero-order chi connectivity index (χ0) is 14.8. The quantitative estimate of drug-likeness (QED) is 0.912. The van der Waals surface area contributed by atoms with Gasteiger partial charge in [-0.3, -0.25) is 9.88 Å². The van der Waals surface area contributed by atoms with E-state index in [1.807, 2.05) is 12.4 Å². The first-order valence-electron chi connectivity index (χ1n) is 7.52. The molecule has 1 N–H and O–H groups in total. The zero-order valence-corrected chi connectivity index (χ0v) is 13.5. The summed E-state index contributed by atoms with van der Waals surface area (Å²) >= 11 is 0. The predicted octanol–water partition coefficient (Wildman–Crippen LogP) is 2.11. The van der Waals surface area contributed by atoms with E-state index in [1.54, 1.807) is 0 Å². The number of rotatable bonds is 4. The monoisotopic (exact) mass is 276 g/mol. The summed E-state index contributed by atoms with van der Waals surface area (Å²) in [5.41, 5.74) is 2.83. The third kappa shape index (κ3) is 3.49. The number of pyridine rings is 1. The highest BCUT2D eigenvalue weighted by molar-refractivity contribution is 5.52. The average molecular weight is 276 g/mol. The van der Waals surface area contributed by atoms with Crippen LogP contribution in [0.4, 0.5) is 5.69 Å². The van der Waals surface area contributed by atoms with Gasteiger partial charge in [0.05, 0.1) is 11.9 Å². The van der Waals surface area contributed by atoms with Gasteiger partial charge in [0.2, 0.25) is 0 Å². The second-order valence-corrected chi connectivity index (χ2v) is 6.70. The van der Waals surface area contributed by atoms with Gasteiger partial charge in [-0.25, -0.2) is 0 Å². The van der Waals surface area contributed by atoms with Gasteiger partial charge in [-0.2, -0.15) is 0 Å². The number of nitrogens with zero attached hydrogens (tertiary/aromatic N) is 3. The summed E-state index contributed by atoms with van der Waals surface area (Å²) in [6, 6.07) is 2.63. The average Bonchev–Trinajstić information content (AvgIpc) is 2.40. The summed E-state index contributed by atoms with van der Waals surface area (Å²) in [6.45, 7) is 13.1. The molecule has 1 aromatic heterocycles. The Balaban J connectivity index is 2.16. The minimum absolute atomic E-state index is 0.205. The number of nitrogens with one attached hydrogen (secondary N) is 1. The van der Waals surface area contributed by atoms with E-state index in [0.29, 0.717) is 6.04 Å². The van der Waals surface area contributed by atoms with Crippen LogP contribution >= 0.6 is 0 Å². The molecule has 0 unspecified atom stereocenters. The van der Waals surface area contributed by atoms with Crippen LogP contribution in [0.15, 0.2) is 18.5 Å². The van der Waals surface area contributed by atoms with Crippen LogP contribution in [0.2, 0.25) is 0 Å². The second-order valence-electron chi connectivity index (χ2n) is 6.70. The van der Waals surface area contributed by atoms with Gasteiger partial charge in [-0.15, -0.1) is 0 Å². The molecule has 4 nitrogen and oxygen atoms in total. The summed E-state index contributed by atoms with van der Waals surface area (Å²) < 4.78 is 0. The lowest BCUT2D eigenvalue weighted by molar-refractivity contribution is 0.138. The summed E-state index contributed by atoms with van der Waals surface area (Å²) in [7, 11) is 2.21. The second kappa shape index (κ2) is 6.10. The zero-order valence-electron chi connectivity index (χ0n) is 13.5. The Bertz CT molecular complexity index is 442. The van der Waals surface area contributed by atoms with E-state index in [1.165, 1.54) is 11.3 Å². The molecule has 112 valence electrons. The molecule has 4 heteroatoms. The van der Waals surface area contributed by atoms with Crippen molar-refractivity contribution in [3.63, 3.8) is 0 Å². The molecule has 2 heterocycles. The van der Waals surface area contributed by atoms with Crippen molar-refractivity contribution in [2.75, 3.05) is 31.6 Å². The van der Waals surface area contributed by atoms with Crippen LogP contribution in [0.3, 0.4) is 0 Å². The van der Waals surface area contributed by atoms with E-state index in [4.69, 9.17) is 0 Å². The molecule has 0 radical (unpaired) electrons. The van der Waals surface area contributed by atoms with Gasteiger partial charge in [0.15, 0.2) is 0 Å². The molecule has 1 aliphatic rings. The third-order valence-electron chi connectivity index (χ3n) is 4.25. The van der Waals surface area contributed by atoms with Gasteiger partial charge in [0.25, 0.3) is 0 Å². The Labute approximate surface area is 123 Å². The van der Waals surface area contributed by atoms with Crippen molar-refractivity contribution in [2.24, 2.45) is 0 Å². The molecule has 0 saturated carbocycles. The number of anilines is 1. The molecular weight excluding hydrogens is 248 g/mol. The van der Waals surface area contributed by atoms with E-state index in [-0.39, 0.29) is 5.54 Å². The SMILES string of the molecule is CC(C)NCc1ccncc1N1CCN(C)C(C)(C)C1. The maximum Gasteiger partial charge on any atom is 0.0599 e. The molecule has 0 aliphatic carbocycles. The first kappa shape index (κ1) is 15.3. The molecule has 0 atom stereocenters. The van der Waals surface area contributed by atoms with Crippen LogP contribution in [0.1, 0.15) is 33.3 Å². The Morgan fingerprint density at radius 3 is 2.75 bits per heavy atom. The number of piperazine rings is 1. The number of aromatic nitrogens is 1. The summed E-state index contributed by atoms with van der Waals surface area (Å²) in [4.78, 5) is 9.24. The van der Waals surface area contributed by atoms with Crippen molar-refractivity contribution in [3.05, 3.63) is 24.0 Å². The minimum Gasteiger partial charge on any atom is -0.367 e. The van der Waals surface area contributed by atoms with Gasteiger partial charge < -0.3 is 10.2 Å². The summed E-state index contributed by atoms with van der Waals surface area (Å²) in [6.07, 6.45) is 3.90. The Morgan fingerprint density at radius 2 is 2.10 bits per heavy atom. The predicted molar refractivity (Wildman–Crippen MR) is 85.1 cm³/mol. The van der Waals surface area contributed by atoms with Crippen LogP contribution in [-0.2, 0) is 6.54 Å². The molecule has 0 amide bonds. The van der Waals surface area contributed by atoms with Crippen LogP contribution < -0.4 is 10.2 Å². The van der Waals surface area contributed by atoms with Crippen LogP contribution in [0, 0.1) is 0 Å². The molecule has 1 aromatic rings. The fourth-order valence-corrected chi connectivity index (χ4v) is 2.61. The topological polar surface area (TPSA) is 31.4 Å². The number of hydrogen-bond donors (Lipinski definition) is 1. The van der Waals surface area contributed by atoms with E-state index in [9.17, 15) is 0 Å². The van der Waals surface area contributed by atoms with E-state index in [2.05, 4.69) is 60.9 Å². The van der Waals surface area contributed by atoms with Crippen molar-refractivity contribution in [1.29, 1.82) is 0 Å². The molecule has 0 bridgehead atoms. The maximum absolute atomic E-state index is 4.33. The van der Waals surface area contributed by atoms with E-state index >= 15 is 0 Å². The molecule has 1 aliphatic heterocycles. The first-order chi connectivity index (χ1) is 9.40. The lowest BCUT2D eigenvalue weighted by Gasteiger charge is -2.46. The third-order valence-corrected chi connectivity index (χ3v) is 4.25. The van der Waals surface area contributed by atoms with Crippen molar-refractivity contribution in [1.82, 2.24) is 15.2 Å². The van der Waals surface area contributed by atoms with Crippen LogP contribution in [0.5, 0.6) is 0 Å². The van der Waals surface area contributed by atoms with Gasteiger partial charge in [-0.05, 0) is 32.5 Å². The van der Waals surface area contributed by atoms with Crippen molar-refractivity contribution < 1.29 is 0 Å². The molecule has 0 spiro atoms. The highest BCUT2D eigenvalue weighted by Crippen LogP contribution is 2.26. The summed E-state index contributed by atoms with van der Waals surface area (Å²) in [5, 5.41) is 3.51. The van der Waals surface area contributed by atoms with E-state index in [0.717, 1.165) is 26.2 Å². The molecule has 2 rings (SSSR count). The Hall–Kier alpha value is -1.13. The number of likely N-dealkylation sites (N-methyl/N-ethyl adjacent to an activating group) is 1. The Morgan fingerprint density at radius 1 is 1.35 bits per heavy atom. The maximum atomic E-state index is 4.33. The van der Waals surface area contributed by atoms with Crippen LogP contribution in [0.25, 0.3) is 0 Å². The van der Waals surface area contributed by atoms with Crippen molar-refractivity contribution >= 4 is 5.69 Å². The molecule has 0 aromatic carbocycles. The van der Waals surface area contributed by atoms with Gasteiger partial charge in [0, 0.05) is 44.0 Å². The van der Waals surface area contributed by atoms with Gasteiger partial charge in [0.1, 0.15) is 0 Å². The number of hydrogen-bond acceptors (Lipinski definition) is 4. The largest absolute Gasteiger partial charge is 0.367 e.